The van der Waals surface area contributed by atoms with Crippen molar-refractivity contribution in [1.29, 1.82) is 0 Å². The van der Waals surface area contributed by atoms with Gasteiger partial charge in [0.15, 0.2) is 0 Å². The van der Waals surface area contributed by atoms with Crippen LogP contribution in [-0.4, -0.2) is 54.1 Å². The third kappa shape index (κ3) is 7.57. The van der Waals surface area contributed by atoms with E-state index in [2.05, 4.69) is 21.7 Å². The van der Waals surface area contributed by atoms with Gasteiger partial charge in [-0.2, -0.15) is 0 Å². The Morgan fingerprint density at radius 2 is 1.95 bits per heavy atom. The first-order valence-corrected chi connectivity index (χ1v) is 14.4. The molecular formula is C29H40N4O3S. The lowest BCUT2D eigenvalue weighted by atomic mass is 9.97. The fourth-order valence-corrected chi connectivity index (χ4v) is 6.03. The lowest BCUT2D eigenvalue weighted by Crippen LogP contribution is -2.44. The van der Waals surface area contributed by atoms with Crippen LogP contribution in [0.3, 0.4) is 0 Å². The Morgan fingerprint density at radius 3 is 2.65 bits per heavy atom. The van der Waals surface area contributed by atoms with Gasteiger partial charge in [-0.05, 0) is 76.8 Å². The predicted octanol–water partition coefficient (Wildman–Crippen LogP) is 5.74. The van der Waals surface area contributed by atoms with Crippen LogP contribution in [0.25, 0.3) is 0 Å². The van der Waals surface area contributed by atoms with Crippen molar-refractivity contribution in [2.24, 2.45) is 0 Å². The van der Waals surface area contributed by atoms with Crippen LogP contribution >= 0.6 is 11.3 Å². The zero-order valence-corrected chi connectivity index (χ0v) is 23.2. The van der Waals surface area contributed by atoms with Crippen molar-refractivity contribution in [3.8, 4) is 5.75 Å². The monoisotopic (exact) mass is 524 g/mol. The molecule has 2 aliphatic rings. The maximum atomic E-state index is 12.8. The number of para-hydroxylation sites is 1. The van der Waals surface area contributed by atoms with Gasteiger partial charge in [0.2, 0.25) is 0 Å². The molecule has 1 aromatic heterocycles. The number of likely N-dealkylation sites (tertiary alicyclic amines) is 1. The minimum absolute atomic E-state index is 0.0335. The normalized spacial score (nSPS) is 17.2. The summed E-state index contributed by atoms with van der Waals surface area (Å²) in [6.45, 7) is 8.52. The Labute approximate surface area is 224 Å². The lowest BCUT2D eigenvalue weighted by molar-refractivity contribution is 0.0922. The zero-order chi connectivity index (χ0) is 26.2. The molecule has 200 valence electrons. The van der Waals surface area contributed by atoms with Gasteiger partial charge in [0.1, 0.15) is 18.1 Å². The fraction of sp³-hybridized carbons (Fsp3) is 0.552. The van der Waals surface area contributed by atoms with Gasteiger partial charge >= 0.3 is 6.03 Å². The number of nitrogens with zero attached hydrogens (tertiary/aromatic N) is 2. The van der Waals surface area contributed by atoms with Crippen LogP contribution in [0.5, 0.6) is 5.75 Å². The van der Waals surface area contributed by atoms with E-state index in [1.165, 1.54) is 42.6 Å². The van der Waals surface area contributed by atoms with E-state index in [1.54, 1.807) is 0 Å². The second kappa shape index (κ2) is 13.1. The summed E-state index contributed by atoms with van der Waals surface area (Å²) < 4.78 is 5.98. The summed E-state index contributed by atoms with van der Waals surface area (Å²) in [6, 6.07) is 5.95. The minimum Gasteiger partial charge on any atom is -0.491 e. The molecule has 37 heavy (non-hydrogen) atoms. The summed E-state index contributed by atoms with van der Waals surface area (Å²) in [4.78, 5) is 31.9. The summed E-state index contributed by atoms with van der Waals surface area (Å²) in [5, 5.41) is 8.91. The number of aromatic nitrogens is 1. The quantitative estimate of drug-likeness (QED) is 0.410. The fourth-order valence-electron chi connectivity index (χ4n) is 5.06. The molecule has 1 fully saturated rings. The molecule has 7 nitrogen and oxygen atoms in total. The Kier molecular flexibility index (Phi) is 9.61. The molecule has 3 amide bonds. The molecule has 2 N–H and O–H groups in total. The maximum Gasteiger partial charge on any atom is 0.317 e. The van der Waals surface area contributed by atoms with Gasteiger partial charge in [-0.1, -0.05) is 29.8 Å². The molecule has 0 bridgehead atoms. The number of urea groups is 1. The van der Waals surface area contributed by atoms with Gasteiger partial charge in [0.25, 0.3) is 5.91 Å². The van der Waals surface area contributed by atoms with Crippen molar-refractivity contribution < 1.29 is 14.3 Å². The van der Waals surface area contributed by atoms with Crippen LogP contribution in [0, 0.1) is 13.8 Å². The Bertz CT molecular complexity index is 1080. The van der Waals surface area contributed by atoms with Crippen LogP contribution < -0.4 is 15.4 Å². The predicted molar refractivity (Wildman–Crippen MR) is 149 cm³/mol. The molecule has 8 heteroatoms. The van der Waals surface area contributed by atoms with Gasteiger partial charge in [-0.25, -0.2) is 9.78 Å². The molecule has 2 heterocycles. The molecule has 1 saturated heterocycles. The number of piperidine rings is 1. The molecule has 1 aliphatic heterocycles. The van der Waals surface area contributed by atoms with Gasteiger partial charge in [0.05, 0.1) is 11.0 Å². The maximum absolute atomic E-state index is 12.8. The molecule has 0 radical (unpaired) electrons. The number of thiazole rings is 1. The first kappa shape index (κ1) is 27.2. The summed E-state index contributed by atoms with van der Waals surface area (Å²) >= 11 is 1.54. The summed E-state index contributed by atoms with van der Waals surface area (Å²) in [5.41, 5.74) is 4.11. The largest absolute Gasteiger partial charge is 0.491 e. The van der Waals surface area contributed by atoms with Gasteiger partial charge < -0.3 is 20.3 Å². The highest BCUT2D eigenvalue weighted by Gasteiger charge is 2.26. The van der Waals surface area contributed by atoms with E-state index in [-0.39, 0.29) is 23.9 Å². The van der Waals surface area contributed by atoms with E-state index in [0.29, 0.717) is 31.9 Å². The van der Waals surface area contributed by atoms with Crippen molar-refractivity contribution in [2.75, 3.05) is 26.2 Å². The van der Waals surface area contributed by atoms with E-state index in [0.717, 1.165) is 41.1 Å². The molecule has 1 atom stereocenters. The van der Waals surface area contributed by atoms with Crippen LogP contribution in [0.2, 0.25) is 0 Å². The number of rotatable bonds is 9. The van der Waals surface area contributed by atoms with E-state index in [9.17, 15) is 9.59 Å². The summed E-state index contributed by atoms with van der Waals surface area (Å²) in [6.07, 6.45) is 9.95. The average Bonchev–Trinajstić information content (AvgIpc) is 3.40. The lowest BCUT2D eigenvalue weighted by Gasteiger charge is -2.31. The van der Waals surface area contributed by atoms with Crippen LogP contribution in [0.4, 0.5) is 4.79 Å². The second-order valence-corrected chi connectivity index (χ2v) is 11.2. The number of ether oxygens (including phenoxy) is 1. The van der Waals surface area contributed by atoms with E-state index in [4.69, 9.17) is 4.74 Å². The highest BCUT2D eigenvalue weighted by atomic mass is 32.1. The summed E-state index contributed by atoms with van der Waals surface area (Å²) in [5.74, 6) is 0.985. The third-order valence-electron chi connectivity index (χ3n) is 7.26. The van der Waals surface area contributed by atoms with E-state index in [1.807, 2.05) is 49.3 Å². The van der Waals surface area contributed by atoms with Gasteiger partial charge in [-0.3, -0.25) is 4.79 Å². The number of hydrogen-bond donors (Lipinski definition) is 2. The van der Waals surface area contributed by atoms with Crippen molar-refractivity contribution in [2.45, 2.75) is 77.7 Å². The van der Waals surface area contributed by atoms with Crippen molar-refractivity contribution in [1.82, 2.24) is 20.5 Å². The Balaban J connectivity index is 1.19. The molecule has 0 saturated carbocycles. The van der Waals surface area contributed by atoms with Crippen molar-refractivity contribution in [3.05, 3.63) is 57.1 Å². The second-order valence-electron chi connectivity index (χ2n) is 10.3. The molecular weight excluding hydrogens is 484 g/mol. The Morgan fingerprint density at radius 1 is 1.19 bits per heavy atom. The molecule has 4 rings (SSSR count). The third-order valence-corrected chi connectivity index (χ3v) is 8.26. The number of benzene rings is 1. The first-order chi connectivity index (χ1) is 17.9. The number of carbonyl (C=O) groups is 2. The number of allylic oxidation sites excluding steroid dienone is 1. The smallest absolute Gasteiger partial charge is 0.317 e. The van der Waals surface area contributed by atoms with Crippen LogP contribution in [-0.2, 0) is 0 Å². The van der Waals surface area contributed by atoms with E-state index < -0.39 is 0 Å². The number of carbonyl (C=O) groups excluding carboxylic acids is 2. The summed E-state index contributed by atoms with van der Waals surface area (Å²) in [7, 11) is 0. The number of hydrogen-bond acceptors (Lipinski definition) is 5. The number of aryl methyl sites for hydroxylation is 2. The highest BCUT2D eigenvalue weighted by Crippen LogP contribution is 2.30. The standard InChI is InChI=1S/C29H40N4O3S/c1-20-8-7-9-21(2)26(20)36-18-22(3)31-27(34)25-19-37-28(32-25)24-13-16-33(17-14-24)29(35)30-15-12-23-10-5-4-6-11-23/h7-10,19,22,24H,4-6,11-18H2,1-3H3,(H,30,35)(H,31,34). The topological polar surface area (TPSA) is 83.6 Å². The molecule has 0 spiro atoms. The van der Waals surface area contributed by atoms with Crippen LogP contribution in [0.1, 0.15) is 84.4 Å². The van der Waals surface area contributed by atoms with Crippen molar-refractivity contribution in [3.63, 3.8) is 0 Å². The SMILES string of the molecule is Cc1cccc(C)c1OCC(C)NC(=O)c1csc(C2CCN(C(=O)NCCC3=CCCCC3)CC2)n1. The molecule has 1 aliphatic carbocycles. The Hall–Kier alpha value is -2.87. The van der Waals surface area contributed by atoms with Gasteiger partial charge in [0, 0.05) is 30.9 Å². The number of amides is 3. The highest BCUT2D eigenvalue weighted by molar-refractivity contribution is 7.09. The molecule has 1 unspecified atom stereocenters. The van der Waals surface area contributed by atoms with Gasteiger partial charge in [-0.15, -0.1) is 11.3 Å². The number of nitrogens with one attached hydrogen (secondary N) is 2. The molecule has 2 aromatic rings. The zero-order valence-electron chi connectivity index (χ0n) is 22.3. The average molecular weight is 525 g/mol. The van der Waals surface area contributed by atoms with Crippen molar-refractivity contribution >= 4 is 23.3 Å². The van der Waals surface area contributed by atoms with E-state index >= 15 is 0 Å². The molecule has 1 aromatic carbocycles. The minimum atomic E-state index is -0.176. The first-order valence-electron chi connectivity index (χ1n) is 13.6. The van der Waals surface area contributed by atoms with Crippen LogP contribution in [0.15, 0.2) is 35.2 Å².